The van der Waals surface area contributed by atoms with Crippen LogP contribution in [0, 0.1) is 0 Å². The predicted octanol–water partition coefficient (Wildman–Crippen LogP) is 2.29. The molecule has 88 valence electrons. The minimum Gasteiger partial charge on any atom is -0.364 e. The quantitative estimate of drug-likeness (QED) is 0.810. The molecular formula is C14H16N2O. The van der Waals surface area contributed by atoms with Crippen molar-refractivity contribution in [2.75, 3.05) is 0 Å². The number of benzene rings is 1. The highest BCUT2D eigenvalue weighted by Crippen LogP contribution is 2.11. The molecule has 0 saturated carbocycles. The SMILES string of the molecule is NC(=O)c1[nH]ccc1CCCc1ccccc1. The highest BCUT2D eigenvalue weighted by molar-refractivity contribution is 5.92. The maximum atomic E-state index is 11.1. The Morgan fingerprint density at radius 2 is 1.88 bits per heavy atom. The summed E-state index contributed by atoms with van der Waals surface area (Å²) in [6.07, 6.45) is 4.67. The lowest BCUT2D eigenvalue weighted by Gasteiger charge is -2.02. The number of carbonyl (C=O) groups is 1. The van der Waals surface area contributed by atoms with E-state index in [1.807, 2.05) is 24.3 Å². The molecule has 2 aromatic rings. The van der Waals surface area contributed by atoms with E-state index < -0.39 is 0 Å². The van der Waals surface area contributed by atoms with E-state index in [0.717, 1.165) is 24.8 Å². The van der Waals surface area contributed by atoms with Gasteiger partial charge in [-0.1, -0.05) is 30.3 Å². The number of hydrogen-bond acceptors (Lipinski definition) is 1. The van der Waals surface area contributed by atoms with Crippen molar-refractivity contribution in [1.82, 2.24) is 4.98 Å². The number of rotatable bonds is 5. The van der Waals surface area contributed by atoms with Crippen LogP contribution in [-0.4, -0.2) is 10.9 Å². The maximum absolute atomic E-state index is 11.1. The first kappa shape index (κ1) is 11.5. The lowest BCUT2D eigenvalue weighted by Crippen LogP contribution is -2.13. The van der Waals surface area contributed by atoms with Gasteiger partial charge in [-0.05, 0) is 36.5 Å². The lowest BCUT2D eigenvalue weighted by molar-refractivity contribution is 0.0995. The molecule has 2 rings (SSSR count). The normalized spacial score (nSPS) is 10.4. The van der Waals surface area contributed by atoms with E-state index >= 15 is 0 Å². The van der Waals surface area contributed by atoms with Gasteiger partial charge < -0.3 is 10.7 Å². The highest BCUT2D eigenvalue weighted by Gasteiger charge is 2.08. The first-order chi connectivity index (χ1) is 8.27. The van der Waals surface area contributed by atoms with Crippen LogP contribution in [0.3, 0.4) is 0 Å². The zero-order valence-electron chi connectivity index (χ0n) is 9.65. The van der Waals surface area contributed by atoms with E-state index in [2.05, 4.69) is 17.1 Å². The van der Waals surface area contributed by atoms with Crippen molar-refractivity contribution >= 4 is 5.91 Å². The molecule has 0 spiro atoms. The Balaban J connectivity index is 1.90. The topological polar surface area (TPSA) is 58.9 Å². The third-order valence-electron chi connectivity index (χ3n) is 2.83. The average molecular weight is 228 g/mol. The summed E-state index contributed by atoms with van der Waals surface area (Å²) in [5.74, 6) is -0.385. The molecule has 0 unspecified atom stereocenters. The number of nitrogens with two attached hydrogens (primary N) is 1. The number of nitrogens with one attached hydrogen (secondary N) is 1. The van der Waals surface area contributed by atoms with Crippen LogP contribution in [0.4, 0.5) is 0 Å². The Morgan fingerprint density at radius 3 is 2.59 bits per heavy atom. The van der Waals surface area contributed by atoms with Crippen LogP contribution in [0.5, 0.6) is 0 Å². The van der Waals surface area contributed by atoms with Gasteiger partial charge in [-0.2, -0.15) is 0 Å². The first-order valence-electron chi connectivity index (χ1n) is 5.77. The second-order valence-electron chi connectivity index (χ2n) is 4.08. The van der Waals surface area contributed by atoms with Crippen LogP contribution in [0.2, 0.25) is 0 Å². The van der Waals surface area contributed by atoms with Crippen LogP contribution in [0.25, 0.3) is 0 Å². The van der Waals surface area contributed by atoms with Gasteiger partial charge in [-0.3, -0.25) is 4.79 Å². The molecule has 0 fully saturated rings. The van der Waals surface area contributed by atoms with E-state index in [0.29, 0.717) is 5.69 Å². The molecule has 1 aromatic heterocycles. The van der Waals surface area contributed by atoms with Crippen LogP contribution in [0.1, 0.15) is 28.0 Å². The molecule has 17 heavy (non-hydrogen) atoms. The van der Waals surface area contributed by atoms with Crippen molar-refractivity contribution in [3.63, 3.8) is 0 Å². The second kappa shape index (κ2) is 5.34. The monoisotopic (exact) mass is 228 g/mol. The Labute approximate surface area is 101 Å². The van der Waals surface area contributed by atoms with Gasteiger partial charge in [0.2, 0.25) is 0 Å². The van der Waals surface area contributed by atoms with Crippen LogP contribution < -0.4 is 5.73 Å². The molecule has 3 N–H and O–H groups in total. The molecule has 0 aliphatic rings. The third-order valence-corrected chi connectivity index (χ3v) is 2.83. The van der Waals surface area contributed by atoms with E-state index in [1.54, 1.807) is 6.20 Å². The molecule has 0 aliphatic carbocycles. The van der Waals surface area contributed by atoms with Crippen molar-refractivity contribution in [2.45, 2.75) is 19.3 Å². The molecule has 1 aromatic carbocycles. The van der Waals surface area contributed by atoms with E-state index in [-0.39, 0.29) is 5.91 Å². The fraction of sp³-hybridized carbons (Fsp3) is 0.214. The zero-order valence-corrected chi connectivity index (χ0v) is 9.65. The van der Waals surface area contributed by atoms with Gasteiger partial charge in [-0.15, -0.1) is 0 Å². The summed E-state index contributed by atoms with van der Waals surface area (Å²) in [5, 5.41) is 0. The van der Waals surface area contributed by atoms with Gasteiger partial charge >= 0.3 is 0 Å². The van der Waals surface area contributed by atoms with Crippen LogP contribution >= 0.6 is 0 Å². The minimum absolute atomic E-state index is 0.385. The summed E-state index contributed by atoms with van der Waals surface area (Å²) in [7, 11) is 0. The zero-order chi connectivity index (χ0) is 12.1. The van der Waals surface area contributed by atoms with Crippen LogP contribution in [0.15, 0.2) is 42.6 Å². The number of carbonyl (C=O) groups excluding carboxylic acids is 1. The number of aromatic amines is 1. The number of H-pyrrole nitrogens is 1. The minimum atomic E-state index is -0.385. The van der Waals surface area contributed by atoms with Gasteiger partial charge in [0.15, 0.2) is 0 Å². The molecule has 0 bridgehead atoms. The fourth-order valence-corrected chi connectivity index (χ4v) is 1.97. The lowest BCUT2D eigenvalue weighted by atomic mass is 10.0. The van der Waals surface area contributed by atoms with Crippen molar-refractivity contribution in [3.05, 3.63) is 59.4 Å². The Bertz CT molecular complexity index is 488. The highest BCUT2D eigenvalue weighted by atomic mass is 16.1. The van der Waals surface area contributed by atoms with E-state index in [1.165, 1.54) is 5.56 Å². The largest absolute Gasteiger partial charge is 0.364 e. The Kier molecular flexibility index (Phi) is 3.60. The molecule has 1 amide bonds. The third kappa shape index (κ3) is 2.97. The van der Waals surface area contributed by atoms with Crippen LogP contribution in [-0.2, 0) is 12.8 Å². The Hall–Kier alpha value is -2.03. The predicted molar refractivity (Wildman–Crippen MR) is 67.8 cm³/mol. The number of aromatic nitrogens is 1. The average Bonchev–Trinajstić information content (AvgIpc) is 2.79. The second-order valence-corrected chi connectivity index (χ2v) is 4.08. The van der Waals surface area contributed by atoms with Crippen molar-refractivity contribution in [2.24, 2.45) is 5.73 Å². The van der Waals surface area contributed by atoms with Crippen molar-refractivity contribution in [1.29, 1.82) is 0 Å². The van der Waals surface area contributed by atoms with Gasteiger partial charge in [0.1, 0.15) is 5.69 Å². The molecule has 3 nitrogen and oxygen atoms in total. The van der Waals surface area contributed by atoms with E-state index in [4.69, 9.17) is 5.73 Å². The van der Waals surface area contributed by atoms with Crippen molar-refractivity contribution in [3.8, 4) is 0 Å². The summed E-state index contributed by atoms with van der Waals surface area (Å²) in [6, 6.07) is 12.3. The van der Waals surface area contributed by atoms with Gasteiger partial charge in [0, 0.05) is 6.20 Å². The van der Waals surface area contributed by atoms with Gasteiger partial charge in [0.05, 0.1) is 0 Å². The molecule has 0 atom stereocenters. The first-order valence-corrected chi connectivity index (χ1v) is 5.77. The fourth-order valence-electron chi connectivity index (χ4n) is 1.97. The summed E-state index contributed by atoms with van der Waals surface area (Å²) in [5.41, 5.74) is 8.14. The number of primary amides is 1. The summed E-state index contributed by atoms with van der Waals surface area (Å²) < 4.78 is 0. The summed E-state index contributed by atoms with van der Waals surface area (Å²) in [6.45, 7) is 0. The molecule has 1 heterocycles. The maximum Gasteiger partial charge on any atom is 0.265 e. The molecule has 0 radical (unpaired) electrons. The smallest absolute Gasteiger partial charge is 0.265 e. The molecule has 3 heteroatoms. The number of aryl methyl sites for hydroxylation is 2. The molecule has 0 saturated heterocycles. The summed E-state index contributed by atoms with van der Waals surface area (Å²) >= 11 is 0. The molecule has 0 aliphatic heterocycles. The van der Waals surface area contributed by atoms with E-state index in [9.17, 15) is 4.79 Å². The molecular weight excluding hydrogens is 212 g/mol. The van der Waals surface area contributed by atoms with Crippen molar-refractivity contribution < 1.29 is 4.79 Å². The van der Waals surface area contributed by atoms with Gasteiger partial charge in [-0.25, -0.2) is 0 Å². The Morgan fingerprint density at radius 1 is 1.12 bits per heavy atom. The van der Waals surface area contributed by atoms with Gasteiger partial charge in [0.25, 0.3) is 5.91 Å². The summed E-state index contributed by atoms with van der Waals surface area (Å²) in [4.78, 5) is 14.0. The number of amides is 1. The number of hydrogen-bond donors (Lipinski definition) is 2. The standard InChI is InChI=1S/C14H16N2O/c15-14(17)13-12(9-10-16-13)8-4-7-11-5-2-1-3-6-11/h1-3,5-6,9-10,16H,4,7-8H2,(H2,15,17).